The molecule has 14 heteroatoms. The van der Waals surface area contributed by atoms with E-state index in [-0.39, 0.29) is 31.4 Å². The van der Waals surface area contributed by atoms with E-state index in [9.17, 15) is 14.0 Å². The van der Waals surface area contributed by atoms with Gasteiger partial charge in [0.05, 0.1) is 31.5 Å². The summed E-state index contributed by atoms with van der Waals surface area (Å²) in [7, 11) is 0. The van der Waals surface area contributed by atoms with E-state index in [1.165, 1.54) is 10.9 Å². The van der Waals surface area contributed by atoms with Crippen molar-refractivity contribution in [2.45, 2.75) is 32.4 Å². The van der Waals surface area contributed by atoms with E-state index in [2.05, 4.69) is 40.9 Å². The summed E-state index contributed by atoms with van der Waals surface area (Å²) in [5, 5.41) is 17.0. The summed E-state index contributed by atoms with van der Waals surface area (Å²) in [5.41, 5.74) is 1.34. The van der Waals surface area contributed by atoms with Gasteiger partial charge in [-0.1, -0.05) is 6.07 Å². The minimum atomic E-state index is -1.07. The Balaban J connectivity index is 1.17. The number of anilines is 3. The van der Waals surface area contributed by atoms with Crippen LogP contribution in [0.1, 0.15) is 29.9 Å². The lowest BCUT2D eigenvalue weighted by atomic mass is 9.85. The maximum absolute atomic E-state index is 13.7. The van der Waals surface area contributed by atoms with Gasteiger partial charge in [0.25, 0.3) is 5.91 Å². The van der Waals surface area contributed by atoms with Crippen molar-refractivity contribution in [1.29, 1.82) is 0 Å². The normalized spacial score (nSPS) is 17.2. The molecule has 1 spiro atoms. The van der Waals surface area contributed by atoms with Crippen molar-refractivity contribution in [3.05, 3.63) is 65.6 Å². The molecule has 0 aliphatic carbocycles. The molecule has 6 heterocycles. The number of aromatic amines is 1. The van der Waals surface area contributed by atoms with Crippen LogP contribution in [0.3, 0.4) is 0 Å². The summed E-state index contributed by atoms with van der Waals surface area (Å²) in [4.78, 5) is 43.3. The van der Waals surface area contributed by atoms with Gasteiger partial charge >= 0.3 is 0 Å². The van der Waals surface area contributed by atoms with Crippen molar-refractivity contribution in [3.63, 3.8) is 0 Å². The van der Waals surface area contributed by atoms with E-state index in [0.29, 0.717) is 23.4 Å². The first kappa shape index (κ1) is 24.5. The molecule has 2 aliphatic rings. The minimum absolute atomic E-state index is 0.0635. The van der Waals surface area contributed by atoms with E-state index in [0.717, 1.165) is 23.1 Å². The van der Waals surface area contributed by atoms with Crippen LogP contribution in [0.25, 0.3) is 5.82 Å². The number of nitrogens with one attached hydrogen (secondary N) is 3. The molecule has 2 saturated heterocycles. The molecule has 13 nitrogen and oxygen atoms in total. The predicted molar refractivity (Wildman–Crippen MR) is 138 cm³/mol. The minimum Gasteiger partial charge on any atom is -0.337 e. The van der Waals surface area contributed by atoms with Gasteiger partial charge < -0.3 is 20.4 Å². The van der Waals surface area contributed by atoms with Crippen molar-refractivity contribution in [2.75, 3.05) is 29.9 Å². The van der Waals surface area contributed by atoms with Gasteiger partial charge in [-0.05, 0) is 32.4 Å². The standard InChI is InChI=1S/C25H26FN11O2/c1-14-6-19(30-20-7-15(2)33-34-20)31-24(29-14)35-12-25(13-35)23(39)36(11-22(38)32-25)16(3)17-4-5-21(27-8-17)37-10-18(26)9-28-37/h4-10,16H,11-13H2,1-3H3,(H,32,38)(H2,29,30,31,33,34). The summed E-state index contributed by atoms with van der Waals surface area (Å²) >= 11 is 0. The van der Waals surface area contributed by atoms with Gasteiger partial charge in [-0.25, -0.2) is 19.0 Å². The first-order chi connectivity index (χ1) is 18.7. The maximum Gasteiger partial charge on any atom is 0.253 e. The van der Waals surface area contributed by atoms with Crippen molar-refractivity contribution >= 4 is 29.4 Å². The molecular formula is C25H26FN11O2. The number of pyridine rings is 1. The predicted octanol–water partition coefficient (Wildman–Crippen LogP) is 1.56. The maximum atomic E-state index is 13.7. The smallest absolute Gasteiger partial charge is 0.253 e. The Morgan fingerprint density at radius 3 is 2.59 bits per heavy atom. The summed E-state index contributed by atoms with van der Waals surface area (Å²) in [6, 6.07) is 6.75. The molecule has 39 heavy (non-hydrogen) atoms. The fraction of sp³-hybridized carbons (Fsp3) is 0.320. The van der Waals surface area contributed by atoms with Gasteiger partial charge in [-0.15, -0.1) is 0 Å². The van der Waals surface area contributed by atoms with Crippen molar-refractivity contribution in [3.8, 4) is 5.82 Å². The highest BCUT2D eigenvalue weighted by molar-refractivity contribution is 6.00. The van der Waals surface area contributed by atoms with E-state index >= 15 is 0 Å². The molecule has 2 fully saturated rings. The number of carbonyl (C=O) groups is 2. The molecule has 0 radical (unpaired) electrons. The Bertz CT molecular complexity index is 1560. The summed E-state index contributed by atoms with van der Waals surface area (Å²) in [6.07, 6.45) is 3.93. The topological polar surface area (TPSA) is 150 Å². The van der Waals surface area contributed by atoms with Crippen molar-refractivity contribution in [2.24, 2.45) is 0 Å². The molecule has 4 aromatic heterocycles. The second-order valence-electron chi connectivity index (χ2n) is 9.90. The first-order valence-corrected chi connectivity index (χ1v) is 12.4. The monoisotopic (exact) mass is 531 g/mol. The van der Waals surface area contributed by atoms with Crippen molar-refractivity contribution < 1.29 is 14.0 Å². The van der Waals surface area contributed by atoms with Crippen LogP contribution in [0.5, 0.6) is 0 Å². The zero-order valence-electron chi connectivity index (χ0n) is 21.5. The van der Waals surface area contributed by atoms with Crippen LogP contribution in [0.15, 0.2) is 42.9 Å². The molecule has 2 aliphatic heterocycles. The van der Waals surface area contributed by atoms with Gasteiger partial charge in [-0.3, -0.25) is 14.7 Å². The fourth-order valence-electron chi connectivity index (χ4n) is 4.89. The highest BCUT2D eigenvalue weighted by Gasteiger charge is 2.56. The molecule has 1 atom stereocenters. The molecule has 1 unspecified atom stereocenters. The van der Waals surface area contributed by atoms with Crippen LogP contribution in [0.4, 0.5) is 22.0 Å². The molecule has 200 valence electrons. The Morgan fingerprint density at radius 1 is 1.10 bits per heavy atom. The average Bonchev–Trinajstić information content (AvgIpc) is 3.50. The molecule has 3 N–H and O–H groups in total. The van der Waals surface area contributed by atoms with Crippen molar-refractivity contribution in [1.82, 2.24) is 45.1 Å². The van der Waals surface area contributed by atoms with Crippen LogP contribution < -0.4 is 15.5 Å². The van der Waals surface area contributed by atoms with Crippen LogP contribution in [-0.2, 0) is 9.59 Å². The Morgan fingerprint density at radius 2 is 1.92 bits per heavy atom. The number of halogens is 1. The Hall–Kier alpha value is -4.88. The first-order valence-electron chi connectivity index (χ1n) is 12.4. The Kier molecular flexibility index (Phi) is 5.74. The number of aryl methyl sites for hydroxylation is 2. The lowest BCUT2D eigenvalue weighted by Gasteiger charge is -2.53. The van der Waals surface area contributed by atoms with E-state index in [1.807, 2.05) is 37.8 Å². The molecule has 2 amide bonds. The number of hydrogen-bond donors (Lipinski definition) is 3. The largest absolute Gasteiger partial charge is 0.337 e. The van der Waals surface area contributed by atoms with E-state index in [1.54, 1.807) is 23.2 Å². The summed E-state index contributed by atoms with van der Waals surface area (Å²) in [6.45, 7) is 6.04. The molecule has 4 aromatic rings. The van der Waals surface area contributed by atoms with Gasteiger partial charge in [0, 0.05) is 29.7 Å². The van der Waals surface area contributed by atoms with Crippen LogP contribution in [0, 0.1) is 19.7 Å². The average molecular weight is 532 g/mol. The van der Waals surface area contributed by atoms with Crippen LogP contribution in [-0.4, -0.2) is 76.8 Å². The zero-order valence-corrected chi connectivity index (χ0v) is 21.5. The number of carbonyl (C=O) groups excluding carboxylic acids is 2. The fourth-order valence-corrected chi connectivity index (χ4v) is 4.89. The Labute approximate surface area is 222 Å². The van der Waals surface area contributed by atoms with Crippen LogP contribution in [0.2, 0.25) is 0 Å². The molecule has 0 saturated carbocycles. The van der Waals surface area contributed by atoms with E-state index in [4.69, 9.17) is 0 Å². The van der Waals surface area contributed by atoms with Gasteiger partial charge in [-0.2, -0.15) is 15.2 Å². The SMILES string of the molecule is Cc1cc(Nc2cc(C)[nH]n2)nc(N2CC3(C2)NC(=O)CN(C(C)c2ccc(-n4cc(F)cn4)nc2)C3=O)n1. The quantitative estimate of drug-likeness (QED) is 0.337. The second-order valence-corrected chi connectivity index (χ2v) is 9.90. The third-order valence-corrected chi connectivity index (χ3v) is 6.88. The number of amides is 2. The zero-order chi connectivity index (χ0) is 27.3. The number of H-pyrrole nitrogens is 1. The number of piperazine rings is 1. The molecule has 0 bridgehead atoms. The summed E-state index contributed by atoms with van der Waals surface area (Å²) < 4.78 is 14.6. The number of nitrogens with zero attached hydrogens (tertiary/aromatic N) is 8. The summed E-state index contributed by atoms with van der Waals surface area (Å²) in [5.74, 6) is 1.23. The molecular weight excluding hydrogens is 505 g/mol. The third-order valence-electron chi connectivity index (χ3n) is 6.88. The lowest BCUT2D eigenvalue weighted by Crippen LogP contribution is -2.80. The molecule has 0 aromatic carbocycles. The van der Waals surface area contributed by atoms with Gasteiger partial charge in [0.1, 0.15) is 12.4 Å². The number of rotatable bonds is 6. The second kappa shape index (κ2) is 9.15. The number of hydrogen-bond acceptors (Lipinski definition) is 9. The molecule has 6 rings (SSSR count). The van der Waals surface area contributed by atoms with Gasteiger partial charge in [0.2, 0.25) is 11.9 Å². The van der Waals surface area contributed by atoms with E-state index < -0.39 is 17.4 Å². The lowest BCUT2D eigenvalue weighted by molar-refractivity contribution is -0.153. The third kappa shape index (κ3) is 4.53. The van der Waals surface area contributed by atoms with Gasteiger partial charge in [0.15, 0.2) is 23.0 Å². The van der Waals surface area contributed by atoms with Crippen LogP contribution >= 0.6 is 0 Å². The number of aromatic nitrogens is 7. The highest BCUT2D eigenvalue weighted by Crippen LogP contribution is 2.33. The highest BCUT2D eigenvalue weighted by atomic mass is 19.1.